The summed E-state index contributed by atoms with van der Waals surface area (Å²) in [4.78, 5) is 16.0. The molecule has 1 aliphatic rings. The molecule has 1 aliphatic heterocycles. The van der Waals surface area contributed by atoms with E-state index in [-0.39, 0.29) is 5.91 Å². The Hall–Kier alpha value is -2.21. The zero-order valence-corrected chi connectivity index (χ0v) is 13.2. The first-order chi connectivity index (χ1) is 11.3. The lowest BCUT2D eigenvalue weighted by molar-refractivity contribution is 0.0952. The van der Waals surface area contributed by atoms with Crippen LogP contribution in [0, 0.1) is 0 Å². The fraction of sp³-hybridized carbons (Fsp3) is 0.471. The van der Waals surface area contributed by atoms with Gasteiger partial charge in [-0.05, 0) is 49.4 Å². The van der Waals surface area contributed by atoms with Crippen LogP contribution in [0.15, 0.2) is 36.9 Å². The van der Waals surface area contributed by atoms with Crippen LogP contribution in [-0.4, -0.2) is 40.3 Å². The van der Waals surface area contributed by atoms with Gasteiger partial charge in [-0.1, -0.05) is 12.1 Å². The minimum atomic E-state index is -0.0168. The molecule has 0 saturated carbocycles. The molecular weight excluding hydrogens is 290 g/mol. The fourth-order valence-corrected chi connectivity index (χ4v) is 2.94. The quantitative estimate of drug-likeness (QED) is 0.794. The molecule has 6 heteroatoms. The number of nitrogens with zero attached hydrogens (tertiary/aromatic N) is 3. The average Bonchev–Trinajstić information content (AvgIpc) is 3.13. The summed E-state index contributed by atoms with van der Waals surface area (Å²) >= 11 is 0. The number of carbonyl (C=O) groups excluding carboxylic acids is 1. The van der Waals surface area contributed by atoms with Crippen molar-refractivity contribution in [3.05, 3.63) is 48.0 Å². The van der Waals surface area contributed by atoms with E-state index in [9.17, 15) is 4.79 Å². The second-order valence-corrected chi connectivity index (χ2v) is 5.93. The van der Waals surface area contributed by atoms with Crippen molar-refractivity contribution >= 4 is 5.91 Å². The van der Waals surface area contributed by atoms with Crippen molar-refractivity contribution in [2.45, 2.75) is 31.7 Å². The molecule has 0 aliphatic carbocycles. The SMILES string of the molecule is O=C(NCCCn1cncn1)c1ccc([C@H]2CCCNC2)cc1. The molecule has 1 aromatic carbocycles. The molecule has 0 unspecified atom stereocenters. The monoisotopic (exact) mass is 313 g/mol. The van der Waals surface area contributed by atoms with Gasteiger partial charge in [0, 0.05) is 25.2 Å². The lowest BCUT2D eigenvalue weighted by Crippen LogP contribution is -2.28. The van der Waals surface area contributed by atoms with Crippen molar-refractivity contribution in [2.24, 2.45) is 0 Å². The van der Waals surface area contributed by atoms with Crippen molar-refractivity contribution in [3.8, 4) is 0 Å². The number of hydrogen-bond donors (Lipinski definition) is 2. The van der Waals surface area contributed by atoms with E-state index >= 15 is 0 Å². The zero-order chi connectivity index (χ0) is 15.9. The van der Waals surface area contributed by atoms with Crippen LogP contribution in [-0.2, 0) is 6.54 Å². The molecule has 1 aromatic heterocycles. The van der Waals surface area contributed by atoms with E-state index in [0.717, 1.165) is 31.6 Å². The third-order valence-electron chi connectivity index (χ3n) is 4.26. The van der Waals surface area contributed by atoms with Crippen molar-refractivity contribution in [3.63, 3.8) is 0 Å². The minimum absolute atomic E-state index is 0.0168. The lowest BCUT2D eigenvalue weighted by Gasteiger charge is -2.23. The zero-order valence-electron chi connectivity index (χ0n) is 13.2. The van der Waals surface area contributed by atoms with Gasteiger partial charge in [0.15, 0.2) is 0 Å². The number of aryl methyl sites for hydroxylation is 1. The van der Waals surface area contributed by atoms with E-state index in [4.69, 9.17) is 0 Å². The van der Waals surface area contributed by atoms with Crippen LogP contribution in [0.1, 0.15) is 41.1 Å². The summed E-state index contributed by atoms with van der Waals surface area (Å²) in [5, 5.41) is 10.4. The molecule has 0 radical (unpaired) electrons. The van der Waals surface area contributed by atoms with Gasteiger partial charge in [0.1, 0.15) is 12.7 Å². The Morgan fingerprint density at radius 2 is 2.22 bits per heavy atom. The van der Waals surface area contributed by atoms with Crippen LogP contribution in [0.5, 0.6) is 0 Å². The fourth-order valence-electron chi connectivity index (χ4n) is 2.94. The smallest absolute Gasteiger partial charge is 0.251 e. The Morgan fingerprint density at radius 3 is 2.91 bits per heavy atom. The van der Waals surface area contributed by atoms with Crippen LogP contribution in [0.3, 0.4) is 0 Å². The van der Waals surface area contributed by atoms with Crippen molar-refractivity contribution in [2.75, 3.05) is 19.6 Å². The summed E-state index contributed by atoms with van der Waals surface area (Å²) in [7, 11) is 0. The van der Waals surface area contributed by atoms with E-state index in [1.54, 1.807) is 11.0 Å². The van der Waals surface area contributed by atoms with Crippen molar-refractivity contribution in [1.29, 1.82) is 0 Å². The van der Waals surface area contributed by atoms with Crippen LogP contribution in [0.4, 0.5) is 0 Å². The molecule has 3 rings (SSSR count). The number of aromatic nitrogens is 3. The maximum Gasteiger partial charge on any atom is 0.251 e. The number of benzene rings is 1. The summed E-state index contributed by atoms with van der Waals surface area (Å²) in [6.45, 7) is 3.54. The number of piperidine rings is 1. The maximum absolute atomic E-state index is 12.1. The van der Waals surface area contributed by atoms with Gasteiger partial charge >= 0.3 is 0 Å². The molecule has 0 spiro atoms. The largest absolute Gasteiger partial charge is 0.352 e. The van der Waals surface area contributed by atoms with Gasteiger partial charge in [0.25, 0.3) is 5.91 Å². The first-order valence-electron chi connectivity index (χ1n) is 8.24. The number of hydrogen-bond acceptors (Lipinski definition) is 4. The van der Waals surface area contributed by atoms with Crippen molar-refractivity contribution < 1.29 is 4.79 Å². The molecule has 1 saturated heterocycles. The molecule has 23 heavy (non-hydrogen) atoms. The van der Waals surface area contributed by atoms with Gasteiger partial charge in [-0.3, -0.25) is 9.48 Å². The maximum atomic E-state index is 12.1. The molecule has 6 nitrogen and oxygen atoms in total. The number of rotatable bonds is 6. The van der Waals surface area contributed by atoms with Gasteiger partial charge in [0.05, 0.1) is 0 Å². The average molecular weight is 313 g/mol. The first-order valence-corrected chi connectivity index (χ1v) is 8.24. The van der Waals surface area contributed by atoms with Crippen LogP contribution in [0.2, 0.25) is 0 Å². The topological polar surface area (TPSA) is 71.8 Å². The molecule has 2 heterocycles. The van der Waals surface area contributed by atoms with Crippen LogP contribution < -0.4 is 10.6 Å². The highest BCUT2D eigenvalue weighted by atomic mass is 16.1. The third-order valence-corrected chi connectivity index (χ3v) is 4.26. The van der Waals surface area contributed by atoms with Crippen molar-refractivity contribution in [1.82, 2.24) is 25.4 Å². The highest BCUT2D eigenvalue weighted by molar-refractivity contribution is 5.94. The van der Waals surface area contributed by atoms with E-state index < -0.39 is 0 Å². The van der Waals surface area contributed by atoms with E-state index in [1.807, 2.05) is 12.1 Å². The first kappa shape index (κ1) is 15.7. The number of amides is 1. The lowest BCUT2D eigenvalue weighted by atomic mass is 9.91. The predicted molar refractivity (Wildman–Crippen MR) is 88.3 cm³/mol. The van der Waals surface area contributed by atoms with Gasteiger partial charge in [0.2, 0.25) is 0 Å². The molecular formula is C17H23N5O. The predicted octanol–water partition coefficient (Wildman–Crippen LogP) is 1.57. The third kappa shape index (κ3) is 4.39. The van der Waals surface area contributed by atoms with Crippen LogP contribution in [0.25, 0.3) is 0 Å². The van der Waals surface area contributed by atoms with Crippen LogP contribution >= 0.6 is 0 Å². The Labute approximate surface area is 136 Å². The standard InChI is InChI=1S/C17H23N5O/c23-17(20-9-2-10-22-13-19-12-21-22)15-6-4-14(5-7-15)16-3-1-8-18-11-16/h4-7,12-13,16,18H,1-3,8-11H2,(H,20,23)/t16-/m0/s1. The van der Waals surface area contributed by atoms with E-state index in [1.165, 1.54) is 24.7 Å². The van der Waals surface area contributed by atoms with Gasteiger partial charge in [-0.25, -0.2) is 4.98 Å². The Kier molecular flexibility index (Phi) is 5.37. The molecule has 2 N–H and O–H groups in total. The number of carbonyl (C=O) groups is 1. The summed E-state index contributed by atoms with van der Waals surface area (Å²) in [6, 6.07) is 8.03. The highest BCUT2D eigenvalue weighted by Crippen LogP contribution is 2.23. The van der Waals surface area contributed by atoms with E-state index in [0.29, 0.717) is 12.5 Å². The number of nitrogens with one attached hydrogen (secondary N) is 2. The molecule has 2 aromatic rings. The Bertz CT molecular complexity index is 602. The second kappa shape index (κ2) is 7.87. The Balaban J connectivity index is 1.45. The molecule has 1 amide bonds. The van der Waals surface area contributed by atoms with Gasteiger partial charge in [-0.15, -0.1) is 0 Å². The highest BCUT2D eigenvalue weighted by Gasteiger charge is 2.15. The molecule has 1 fully saturated rings. The normalized spacial score (nSPS) is 17.8. The summed E-state index contributed by atoms with van der Waals surface area (Å²) in [5.74, 6) is 0.556. The summed E-state index contributed by atoms with van der Waals surface area (Å²) in [5.41, 5.74) is 2.04. The van der Waals surface area contributed by atoms with E-state index in [2.05, 4.69) is 32.8 Å². The minimum Gasteiger partial charge on any atom is -0.352 e. The van der Waals surface area contributed by atoms with Gasteiger partial charge in [-0.2, -0.15) is 5.10 Å². The summed E-state index contributed by atoms with van der Waals surface area (Å²) in [6.07, 6.45) is 6.48. The Morgan fingerprint density at radius 1 is 1.35 bits per heavy atom. The molecule has 1 atom stereocenters. The summed E-state index contributed by atoms with van der Waals surface area (Å²) < 4.78 is 1.76. The molecule has 0 bridgehead atoms. The van der Waals surface area contributed by atoms with Gasteiger partial charge < -0.3 is 10.6 Å². The second-order valence-electron chi connectivity index (χ2n) is 5.93. The molecule has 122 valence electrons.